The van der Waals surface area contributed by atoms with Crippen LogP contribution in [-0.4, -0.2) is 35.3 Å². The summed E-state index contributed by atoms with van der Waals surface area (Å²) in [6.07, 6.45) is 4.96. The van der Waals surface area contributed by atoms with E-state index < -0.39 is 0 Å². The van der Waals surface area contributed by atoms with Crippen molar-refractivity contribution in [2.75, 3.05) is 6.54 Å². The van der Waals surface area contributed by atoms with Gasteiger partial charge in [0.15, 0.2) is 0 Å². The molecule has 0 spiro atoms. The Morgan fingerprint density at radius 3 is 2.53 bits per heavy atom. The largest absolute Gasteiger partial charge is 0.342 e. The van der Waals surface area contributed by atoms with E-state index in [1.165, 1.54) is 0 Å². The first-order chi connectivity index (χ1) is 9.04. The molecule has 0 bridgehead atoms. The molecule has 2 unspecified atom stereocenters. The number of nitrogens with one attached hydrogen (secondary N) is 1. The number of carbonyl (C=O) groups is 2. The molecule has 0 aromatic heterocycles. The molecule has 1 aliphatic heterocycles. The predicted molar refractivity (Wildman–Crippen MR) is 74.5 cm³/mol. The highest BCUT2D eigenvalue weighted by Crippen LogP contribution is 2.35. The zero-order chi connectivity index (χ0) is 14.0. The Bertz CT molecular complexity index is 350. The second-order valence-corrected chi connectivity index (χ2v) is 6.32. The van der Waals surface area contributed by atoms with Gasteiger partial charge in [-0.3, -0.25) is 9.59 Å². The van der Waals surface area contributed by atoms with Gasteiger partial charge in [0.2, 0.25) is 11.8 Å². The van der Waals surface area contributed by atoms with Crippen LogP contribution in [0.2, 0.25) is 0 Å². The number of amides is 2. The van der Waals surface area contributed by atoms with E-state index in [0.717, 1.165) is 32.2 Å². The van der Waals surface area contributed by atoms with Crippen molar-refractivity contribution in [2.45, 2.75) is 65.0 Å². The molecule has 1 aliphatic carbocycles. The molecule has 0 radical (unpaired) electrons. The minimum Gasteiger partial charge on any atom is -0.342 e. The third kappa shape index (κ3) is 3.28. The van der Waals surface area contributed by atoms with Crippen LogP contribution >= 0.6 is 0 Å². The molecule has 1 N–H and O–H groups in total. The van der Waals surface area contributed by atoms with E-state index in [1.807, 2.05) is 11.8 Å². The molecule has 2 atom stereocenters. The lowest BCUT2D eigenvalue weighted by atomic mass is 10.0. The maximum absolute atomic E-state index is 12.5. The summed E-state index contributed by atoms with van der Waals surface area (Å²) >= 11 is 0. The predicted octanol–water partition coefficient (Wildman–Crippen LogP) is 1.94. The third-order valence-corrected chi connectivity index (χ3v) is 4.19. The van der Waals surface area contributed by atoms with Crippen LogP contribution in [0.15, 0.2) is 0 Å². The minimum absolute atomic E-state index is 0.0450. The van der Waals surface area contributed by atoms with Crippen molar-refractivity contribution < 1.29 is 9.59 Å². The average molecular weight is 266 g/mol. The molecule has 0 aromatic carbocycles. The standard InChI is InChI=1S/C15H26N2O2/c1-4-12-14(18)16-13(11-7-8-11)15(19)17(12)9-5-6-10(2)3/h10-13H,4-9H2,1-3H3,(H,16,18). The monoisotopic (exact) mass is 266 g/mol. The summed E-state index contributed by atoms with van der Waals surface area (Å²) in [7, 11) is 0. The van der Waals surface area contributed by atoms with Gasteiger partial charge in [0.05, 0.1) is 0 Å². The van der Waals surface area contributed by atoms with Gasteiger partial charge in [-0.1, -0.05) is 20.8 Å². The van der Waals surface area contributed by atoms with Gasteiger partial charge in [-0.2, -0.15) is 0 Å². The van der Waals surface area contributed by atoms with Gasteiger partial charge in [-0.15, -0.1) is 0 Å². The van der Waals surface area contributed by atoms with Gasteiger partial charge in [-0.25, -0.2) is 0 Å². The van der Waals surface area contributed by atoms with Crippen molar-refractivity contribution >= 4 is 11.8 Å². The molecular weight excluding hydrogens is 240 g/mol. The molecule has 1 heterocycles. The Balaban J connectivity index is 2.00. The van der Waals surface area contributed by atoms with Crippen LogP contribution in [0.4, 0.5) is 0 Å². The van der Waals surface area contributed by atoms with E-state index in [9.17, 15) is 9.59 Å². The van der Waals surface area contributed by atoms with Crippen LogP contribution in [0.1, 0.15) is 52.9 Å². The van der Waals surface area contributed by atoms with Crippen molar-refractivity contribution in [1.29, 1.82) is 0 Å². The van der Waals surface area contributed by atoms with E-state index in [4.69, 9.17) is 0 Å². The summed E-state index contributed by atoms with van der Waals surface area (Å²) in [6, 6.07) is -0.496. The van der Waals surface area contributed by atoms with E-state index in [-0.39, 0.29) is 23.9 Å². The van der Waals surface area contributed by atoms with Gasteiger partial charge < -0.3 is 10.2 Å². The molecule has 108 valence electrons. The molecule has 4 heteroatoms. The Morgan fingerprint density at radius 2 is 2.00 bits per heavy atom. The zero-order valence-corrected chi connectivity index (χ0v) is 12.3. The summed E-state index contributed by atoms with van der Waals surface area (Å²) in [5, 5.41) is 2.93. The highest BCUT2D eigenvalue weighted by molar-refractivity contribution is 5.97. The van der Waals surface area contributed by atoms with Crippen LogP contribution in [0.25, 0.3) is 0 Å². The fraction of sp³-hybridized carbons (Fsp3) is 0.867. The van der Waals surface area contributed by atoms with Gasteiger partial charge >= 0.3 is 0 Å². The number of carbonyl (C=O) groups excluding carboxylic acids is 2. The lowest BCUT2D eigenvalue weighted by Gasteiger charge is -2.39. The Kier molecular flexibility index (Phi) is 4.48. The molecule has 4 nitrogen and oxygen atoms in total. The second kappa shape index (κ2) is 5.93. The van der Waals surface area contributed by atoms with Crippen molar-refractivity contribution in [3.63, 3.8) is 0 Å². The maximum atomic E-state index is 12.5. The second-order valence-electron chi connectivity index (χ2n) is 6.32. The molecule has 2 fully saturated rings. The lowest BCUT2D eigenvalue weighted by Crippen LogP contribution is -2.63. The normalized spacial score (nSPS) is 27.9. The summed E-state index contributed by atoms with van der Waals surface area (Å²) in [5.74, 6) is 1.23. The highest BCUT2D eigenvalue weighted by Gasteiger charge is 2.45. The summed E-state index contributed by atoms with van der Waals surface area (Å²) in [6.45, 7) is 7.08. The first kappa shape index (κ1) is 14.4. The van der Waals surface area contributed by atoms with Crippen LogP contribution < -0.4 is 5.32 Å². The van der Waals surface area contributed by atoms with Gasteiger partial charge in [-0.05, 0) is 43.9 Å². The topological polar surface area (TPSA) is 49.4 Å². The van der Waals surface area contributed by atoms with E-state index >= 15 is 0 Å². The summed E-state index contributed by atoms with van der Waals surface area (Å²) in [5.41, 5.74) is 0. The lowest BCUT2D eigenvalue weighted by molar-refractivity contribution is -0.150. The number of piperazine rings is 1. The van der Waals surface area contributed by atoms with E-state index in [2.05, 4.69) is 19.2 Å². The summed E-state index contributed by atoms with van der Waals surface area (Å²) < 4.78 is 0. The quantitative estimate of drug-likeness (QED) is 0.798. The number of rotatable bonds is 6. The van der Waals surface area contributed by atoms with Gasteiger partial charge in [0, 0.05) is 6.54 Å². The minimum atomic E-state index is -0.255. The summed E-state index contributed by atoms with van der Waals surface area (Å²) in [4.78, 5) is 26.5. The number of hydrogen-bond donors (Lipinski definition) is 1. The molecule has 0 aromatic rings. The SMILES string of the molecule is CCC1C(=O)NC(C2CC2)C(=O)N1CCCC(C)C. The van der Waals surface area contributed by atoms with Crippen molar-refractivity contribution in [1.82, 2.24) is 10.2 Å². The van der Waals surface area contributed by atoms with Crippen LogP contribution in [-0.2, 0) is 9.59 Å². The Morgan fingerprint density at radius 1 is 1.32 bits per heavy atom. The Labute approximate surface area is 115 Å². The van der Waals surface area contributed by atoms with Crippen LogP contribution in [0.5, 0.6) is 0 Å². The fourth-order valence-electron chi connectivity index (χ4n) is 2.88. The fourth-order valence-corrected chi connectivity index (χ4v) is 2.88. The van der Waals surface area contributed by atoms with Crippen molar-refractivity contribution in [3.05, 3.63) is 0 Å². The van der Waals surface area contributed by atoms with E-state index in [0.29, 0.717) is 18.3 Å². The van der Waals surface area contributed by atoms with Crippen LogP contribution in [0, 0.1) is 11.8 Å². The number of nitrogens with zero attached hydrogens (tertiary/aromatic N) is 1. The first-order valence-corrected chi connectivity index (χ1v) is 7.65. The van der Waals surface area contributed by atoms with Crippen molar-refractivity contribution in [2.24, 2.45) is 11.8 Å². The Hall–Kier alpha value is -1.06. The molecule has 2 amide bonds. The molecule has 19 heavy (non-hydrogen) atoms. The molecular formula is C15H26N2O2. The van der Waals surface area contributed by atoms with Crippen LogP contribution in [0.3, 0.4) is 0 Å². The first-order valence-electron chi connectivity index (χ1n) is 7.65. The highest BCUT2D eigenvalue weighted by atomic mass is 16.2. The van der Waals surface area contributed by atoms with Gasteiger partial charge in [0.1, 0.15) is 12.1 Å². The maximum Gasteiger partial charge on any atom is 0.246 e. The van der Waals surface area contributed by atoms with Gasteiger partial charge in [0.25, 0.3) is 0 Å². The van der Waals surface area contributed by atoms with E-state index in [1.54, 1.807) is 0 Å². The average Bonchev–Trinajstić information content (AvgIpc) is 3.17. The molecule has 2 rings (SSSR count). The molecule has 1 saturated carbocycles. The third-order valence-electron chi connectivity index (χ3n) is 4.19. The molecule has 1 saturated heterocycles. The molecule has 2 aliphatic rings. The smallest absolute Gasteiger partial charge is 0.246 e. The van der Waals surface area contributed by atoms with Crippen molar-refractivity contribution in [3.8, 4) is 0 Å². The zero-order valence-electron chi connectivity index (χ0n) is 12.3. The number of hydrogen-bond acceptors (Lipinski definition) is 2.